The number of fused-ring (bicyclic) bond motifs is 2. The summed E-state index contributed by atoms with van der Waals surface area (Å²) in [5.41, 5.74) is 1.21. The van der Waals surface area contributed by atoms with Crippen LogP contribution in [0.3, 0.4) is 0 Å². The third-order valence-electron chi connectivity index (χ3n) is 12.9. The standard InChI is InChI=1S/C43H44F3N7O7/c1-59-32-16-30-33(17-29(32)49-37(55)28-6-3-7-34(48-28)43(44,45)46)60-39(50-30)25-10-8-23(9-11-25)20-52-21-42(22-52)18-24(19-42)14-15-47-27-5-2-4-26-36(27)41(58)53(40(26)57)31-12-13-35(54)51-38(31)56/h2-7,16-17,23-25,31,47H,8-15,18-22H2,1H3,(H,49,55)(H,51,54,56)/t23-,25-,31?. The number of hydrogen-bond donors (Lipinski definition) is 3. The summed E-state index contributed by atoms with van der Waals surface area (Å²) in [4.78, 5) is 75.3. The molecule has 0 bridgehead atoms. The van der Waals surface area contributed by atoms with Crippen LogP contribution in [0.4, 0.5) is 24.5 Å². The number of aromatic nitrogens is 2. The number of amides is 5. The number of benzene rings is 2. The predicted octanol–water partition coefficient (Wildman–Crippen LogP) is 6.39. The van der Waals surface area contributed by atoms with Crippen molar-refractivity contribution in [2.75, 3.05) is 43.9 Å². The van der Waals surface area contributed by atoms with Crippen LogP contribution in [0.5, 0.6) is 5.75 Å². The Hall–Kier alpha value is -5.84. The van der Waals surface area contributed by atoms with Crippen LogP contribution in [0.15, 0.2) is 52.9 Å². The number of ether oxygens (including phenoxy) is 1. The Morgan fingerprint density at radius 1 is 0.950 bits per heavy atom. The number of nitrogens with one attached hydrogen (secondary N) is 3. The summed E-state index contributed by atoms with van der Waals surface area (Å²) < 4.78 is 51.1. The van der Waals surface area contributed by atoms with E-state index in [0.29, 0.717) is 52.2 Å². The number of pyridine rings is 1. The Kier molecular flexibility index (Phi) is 10.1. The number of carbonyl (C=O) groups is 5. The number of alkyl halides is 3. The van der Waals surface area contributed by atoms with Crippen LogP contribution in [0.2, 0.25) is 0 Å². The summed E-state index contributed by atoms with van der Waals surface area (Å²) in [6.07, 6.45) is 2.78. The van der Waals surface area contributed by atoms with Crippen molar-refractivity contribution in [1.29, 1.82) is 0 Å². The van der Waals surface area contributed by atoms with Gasteiger partial charge in [-0.3, -0.25) is 34.2 Å². The highest BCUT2D eigenvalue weighted by molar-refractivity contribution is 6.25. The van der Waals surface area contributed by atoms with Gasteiger partial charge in [-0.25, -0.2) is 9.97 Å². The molecule has 17 heteroatoms. The van der Waals surface area contributed by atoms with E-state index in [-0.39, 0.29) is 41.3 Å². The summed E-state index contributed by atoms with van der Waals surface area (Å²) >= 11 is 0. The molecule has 314 valence electrons. The molecular formula is C43H44F3N7O7. The number of carbonyl (C=O) groups excluding carboxylic acids is 5. The zero-order valence-electron chi connectivity index (χ0n) is 32.9. The highest BCUT2D eigenvalue weighted by atomic mass is 19.4. The van der Waals surface area contributed by atoms with E-state index in [4.69, 9.17) is 14.1 Å². The fourth-order valence-corrected chi connectivity index (χ4v) is 10.0. The van der Waals surface area contributed by atoms with E-state index in [1.165, 1.54) is 26.0 Å². The van der Waals surface area contributed by atoms with Gasteiger partial charge in [-0.2, -0.15) is 13.2 Å². The minimum atomic E-state index is -4.68. The summed E-state index contributed by atoms with van der Waals surface area (Å²) in [5.74, 6) is -0.630. The summed E-state index contributed by atoms with van der Waals surface area (Å²) in [5, 5.41) is 8.22. The number of methoxy groups -OCH3 is 1. The highest BCUT2D eigenvalue weighted by Gasteiger charge is 2.52. The van der Waals surface area contributed by atoms with Gasteiger partial charge in [-0.1, -0.05) is 12.1 Å². The van der Waals surface area contributed by atoms with Gasteiger partial charge in [-0.15, -0.1) is 0 Å². The van der Waals surface area contributed by atoms with Crippen molar-refractivity contribution >= 4 is 52.0 Å². The first-order chi connectivity index (χ1) is 28.8. The number of halogens is 3. The minimum absolute atomic E-state index is 0.0761. The quantitative estimate of drug-likeness (QED) is 0.143. The van der Waals surface area contributed by atoms with Gasteiger partial charge in [0.05, 0.1) is 23.9 Å². The van der Waals surface area contributed by atoms with Crippen molar-refractivity contribution in [1.82, 2.24) is 25.1 Å². The molecule has 5 heterocycles. The van der Waals surface area contributed by atoms with E-state index in [2.05, 4.69) is 25.8 Å². The number of piperidine rings is 1. The lowest BCUT2D eigenvalue weighted by molar-refractivity contribution is -0.141. The maximum Gasteiger partial charge on any atom is 0.433 e. The van der Waals surface area contributed by atoms with Crippen LogP contribution >= 0.6 is 0 Å². The molecule has 9 rings (SSSR count). The first-order valence-corrected chi connectivity index (χ1v) is 20.4. The van der Waals surface area contributed by atoms with E-state index in [1.807, 2.05) is 0 Å². The Labute approximate surface area is 342 Å². The molecule has 5 aliphatic rings. The van der Waals surface area contributed by atoms with Crippen molar-refractivity contribution in [3.63, 3.8) is 0 Å². The molecule has 2 saturated heterocycles. The molecule has 2 aromatic carbocycles. The molecule has 0 radical (unpaired) electrons. The predicted molar refractivity (Wildman–Crippen MR) is 210 cm³/mol. The molecule has 4 fully saturated rings. The van der Waals surface area contributed by atoms with Gasteiger partial charge >= 0.3 is 6.18 Å². The largest absolute Gasteiger partial charge is 0.494 e. The fourth-order valence-electron chi connectivity index (χ4n) is 10.0. The Bertz CT molecular complexity index is 2400. The molecule has 2 aromatic heterocycles. The first kappa shape index (κ1) is 39.6. The molecule has 1 spiro atoms. The Morgan fingerprint density at radius 2 is 1.72 bits per heavy atom. The lowest BCUT2D eigenvalue weighted by atomic mass is 9.57. The summed E-state index contributed by atoms with van der Waals surface area (Å²) in [6, 6.07) is 10.5. The lowest BCUT2D eigenvalue weighted by Crippen LogP contribution is -2.63. The third-order valence-corrected chi connectivity index (χ3v) is 12.9. The van der Waals surface area contributed by atoms with Gasteiger partial charge in [0.2, 0.25) is 11.8 Å². The molecule has 2 saturated carbocycles. The molecule has 14 nitrogen and oxygen atoms in total. The molecular weight excluding hydrogens is 784 g/mol. The van der Waals surface area contributed by atoms with Gasteiger partial charge in [-0.05, 0) is 92.9 Å². The maximum absolute atomic E-state index is 13.4. The lowest BCUT2D eigenvalue weighted by Gasteiger charge is -2.60. The zero-order valence-corrected chi connectivity index (χ0v) is 32.9. The maximum atomic E-state index is 13.4. The van der Waals surface area contributed by atoms with Gasteiger partial charge < -0.3 is 24.7 Å². The van der Waals surface area contributed by atoms with Crippen molar-refractivity contribution < 1.29 is 46.3 Å². The van der Waals surface area contributed by atoms with Crippen LogP contribution in [0, 0.1) is 17.3 Å². The van der Waals surface area contributed by atoms with E-state index < -0.39 is 47.4 Å². The fraction of sp³-hybridized carbons (Fsp3) is 0.465. The smallest absolute Gasteiger partial charge is 0.433 e. The SMILES string of the molecule is COc1cc2nc([C@H]3CC[C@H](CN4CC5(CC(CCNc6cccc7c6C(=O)N(C6CCC(=O)NC6=O)C7=O)C5)C4)CC3)oc2cc1NC(=O)c1cccc(C(F)(F)F)n1. The number of anilines is 2. The molecule has 5 amide bonds. The van der Waals surface area contributed by atoms with Crippen molar-refractivity contribution in [2.45, 2.75) is 75.9 Å². The monoisotopic (exact) mass is 827 g/mol. The molecule has 3 aliphatic heterocycles. The molecule has 1 unspecified atom stereocenters. The van der Waals surface area contributed by atoms with Crippen LogP contribution in [0.25, 0.3) is 11.1 Å². The third kappa shape index (κ3) is 7.47. The normalized spacial score (nSPS) is 23.0. The molecule has 60 heavy (non-hydrogen) atoms. The minimum Gasteiger partial charge on any atom is -0.494 e. The average Bonchev–Trinajstić information content (AvgIpc) is 3.73. The number of likely N-dealkylation sites (tertiary alicyclic amines) is 1. The van der Waals surface area contributed by atoms with Crippen molar-refractivity contribution in [3.8, 4) is 5.75 Å². The summed E-state index contributed by atoms with van der Waals surface area (Å²) in [6.45, 7) is 3.93. The second kappa shape index (κ2) is 15.3. The Morgan fingerprint density at radius 3 is 2.45 bits per heavy atom. The topological polar surface area (TPSA) is 176 Å². The van der Waals surface area contributed by atoms with Crippen molar-refractivity contribution in [2.24, 2.45) is 17.3 Å². The van der Waals surface area contributed by atoms with Gasteiger partial charge in [0.25, 0.3) is 17.7 Å². The van der Waals surface area contributed by atoms with Crippen molar-refractivity contribution in [3.05, 3.63) is 76.9 Å². The number of rotatable bonds is 11. The average molecular weight is 828 g/mol. The highest BCUT2D eigenvalue weighted by Crippen LogP contribution is 2.53. The zero-order chi connectivity index (χ0) is 41.9. The van der Waals surface area contributed by atoms with Crippen LogP contribution < -0.4 is 20.7 Å². The number of nitrogens with zero attached hydrogens (tertiary/aromatic N) is 4. The second-order valence-corrected chi connectivity index (χ2v) is 17.0. The first-order valence-electron chi connectivity index (χ1n) is 20.4. The van der Waals surface area contributed by atoms with Gasteiger partial charge in [0.1, 0.15) is 28.7 Å². The molecule has 3 N–H and O–H groups in total. The van der Waals surface area contributed by atoms with Gasteiger partial charge in [0.15, 0.2) is 11.5 Å². The number of imide groups is 2. The van der Waals surface area contributed by atoms with Crippen LogP contribution in [-0.4, -0.2) is 88.6 Å². The van der Waals surface area contributed by atoms with E-state index in [1.54, 1.807) is 30.3 Å². The van der Waals surface area contributed by atoms with Crippen LogP contribution in [-0.2, 0) is 15.8 Å². The summed E-state index contributed by atoms with van der Waals surface area (Å²) in [7, 11) is 1.43. The second-order valence-electron chi connectivity index (χ2n) is 17.0. The van der Waals surface area contributed by atoms with E-state index >= 15 is 0 Å². The number of oxazole rings is 1. The molecule has 1 atom stereocenters. The van der Waals surface area contributed by atoms with Gasteiger partial charge in [0, 0.05) is 56.3 Å². The molecule has 4 aromatic rings. The van der Waals surface area contributed by atoms with E-state index in [0.717, 1.165) is 68.8 Å². The Balaban J connectivity index is 0.719. The van der Waals surface area contributed by atoms with Crippen LogP contribution in [0.1, 0.15) is 106 Å². The molecule has 2 aliphatic carbocycles. The number of hydrogen-bond acceptors (Lipinski definition) is 11. The van der Waals surface area contributed by atoms with E-state index in [9.17, 15) is 37.1 Å².